The van der Waals surface area contributed by atoms with E-state index in [1.165, 1.54) is 18.2 Å². The summed E-state index contributed by atoms with van der Waals surface area (Å²) in [5, 5.41) is 0. The van der Waals surface area contributed by atoms with E-state index in [1.54, 1.807) is 0 Å². The van der Waals surface area contributed by atoms with Crippen LogP contribution in [0.15, 0.2) is 28.8 Å². The average Bonchev–Trinajstić information content (AvgIpc) is 2.93. The van der Waals surface area contributed by atoms with Gasteiger partial charge in [-0.1, -0.05) is 25.1 Å². The Hall–Kier alpha value is -1.49. The zero-order valence-corrected chi connectivity index (χ0v) is 15.4. The van der Waals surface area contributed by atoms with Gasteiger partial charge in [0.2, 0.25) is 0 Å². The molecule has 5 heteroatoms. The molecular weight excluding hydrogens is 370 g/mol. The number of hydrogen-bond donors (Lipinski definition) is 0. The van der Waals surface area contributed by atoms with Crippen LogP contribution in [0.2, 0.25) is 0 Å². The summed E-state index contributed by atoms with van der Waals surface area (Å²) in [6.07, 6.45) is 6.35. The number of halogens is 1. The first kappa shape index (κ1) is 14.8. The first-order chi connectivity index (χ1) is 11.6. The third kappa shape index (κ3) is 1.57. The average molecular weight is 390 g/mol. The van der Waals surface area contributed by atoms with Gasteiger partial charge in [0.15, 0.2) is 0 Å². The predicted octanol–water partition coefficient (Wildman–Crippen LogP) is 3.67. The summed E-state index contributed by atoms with van der Waals surface area (Å²) >= 11 is 3.68. The van der Waals surface area contributed by atoms with E-state index in [1.807, 2.05) is 4.90 Å². The van der Waals surface area contributed by atoms with Crippen molar-refractivity contribution < 1.29 is 14.3 Å². The highest BCUT2D eigenvalue weighted by Crippen LogP contribution is 2.62. The van der Waals surface area contributed by atoms with Gasteiger partial charge in [0.1, 0.15) is 11.9 Å². The Labute approximate surface area is 149 Å². The van der Waals surface area contributed by atoms with Crippen LogP contribution in [-0.2, 0) is 16.6 Å². The van der Waals surface area contributed by atoms with Crippen molar-refractivity contribution in [1.29, 1.82) is 0 Å². The molecule has 5 rings (SSSR count). The second kappa shape index (κ2) is 4.78. The molecule has 4 nitrogen and oxygen atoms in total. The van der Waals surface area contributed by atoms with Gasteiger partial charge in [-0.05, 0) is 40.4 Å². The molecule has 1 amide bonds. The van der Waals surface area contributed by atoms with Crippen LogP contribution in [0.25, 0.3) is 0 Å². The van der Waals surface area contributed by atoms with Crippen LogP contribution >= 0.6 is 15.9 Å². The molecule has 5 atom stereocenters. The third-order valence-electron chi connectivity index (χ3n) is 6.53. The Morgan fingerprint density at radius 2 is 2.25 bits per heavy atom. The van der Waals surface area contributed by atoms with E-state index >= 15 is 0 Å². The maximum absolute atomic E-state index is 12.3. The van der Waals surface area contributed by atoms with E-state index in [9.17, 15) is 4.79 Å². The van der Waals surface area contributed by atoms with Crippen LogP contribution in [0.3, 0.4) is 0 Å². The van der Waals surface area contributed by atoms with Gasteiger partial charge in [-0.25, -0.2) is 4.79 Å². The maximum atomic E-state index is 12.3. The van der Waals surface area contributed by atoms with Crippen molar-refractivity contribution in [3.63, 3.8) is 0 Å². The Balaban J connectivity index is 1.75. The van der Waals surface area contributed by atoms with Crippen molar-refractivity contribution in [2.75, 3.05) is 13.7 Å². The molecule has 126 valence electrons. The number of carbonyl (C=O) groups is 1. The molecule has 0 saturated carbocycles. The zero-order valence-electron chi connectivity index (χ0n) is 13.8. The van der Waals surface area contributed by atoms with E-state index in [0.29, 0.717) is 11.8 Å². The predicted molar refractivity (Wildman–Crippen MR) is 93.3 cm³/mol. The highest BCUT2D eigenvalue weighted by atomic mass is 79.9. The Morgan fingerprint density at radius 1 is 1.42 bits per heavy atom. The van der Waals surface area contributed by atoms with Gasteiger partial charge in [-0.2, -0.15) is 0 Å². The van der Waals surface area contributed by atoms with Gasteiger partial charge in [-0.15, -0.1) is 0 Å². The molecule has 1 unspecified atom stereocenters. The topological polar surface area (TPSA) is 38.8 Å². The monoisotopic (exact) mass is 389 g/mol. The smallest absolute Gasteiger partial charge is 0.409 e. The van der Waals surface area contributed by atoms with Gasteiger partial charge >= 0.3 is 6.09 Å². The number of likely N-dealkylation sites (tertiary alicyclic amines) is 1. The van der Waals surface area contributed by atoms with Crippen LogP contribution < -0.4 is 4.74 Å². The second-order valence-electron chi connectivity index (χ2n) is 7.44. The molecule has 1 aromatic rings. The first-order valence-corrected chi connectivity index (χ1v) is 9.38. The highest BCUT2D eigenvalue weighted by Gasteiger charge is 2.64. The van der Waals surface area contributed by atoms with Crippen LogP contribution in [0.4, 0.5) is 4.79 Å². The molecule has 2 aliphatic carbocycles. The first-order valence-electron chi connectivity index (χ1n) is 8.59. The fraction of sp³-hybridized carbons (Fsp3) is 0.526. The minimum atomic E-state index is -0.210. The van der Waals surface area contributed by atoms with E-state index in [-0.39, 0.29) is 23.7 Å². The lowest BCUT2D eigenvalue weighted by Crippen LogP contribution is -2.65. The number of benzene rings is 1. The number of piperidine rings is 1. The SMILES string of the molecule is COC(=O)N1CC[C@]23c4c5ccc(Br)c4O[C@H]2[C@@H](C)C=C[C@H]3C1C5. The van der Waals surface area contributed by atoms with Crippen LogP contribution in [0.5, 0.6) is 5.75 Å². The van der Waals surface area contributed by atoms with Gasteiger partial charge < -0.3 is 14.4 Å². The van der Waals surface area contributed by atoms with Crippen molar-refractivity contribution in [2.24, 2.45) is 11.8 Å². The molecule has 0 N–H and O–H groups in total. The summed E-state index contributed by atoms with van der Waals surface area (Å²) in [7, 11) is 1.47. The van der Waals surface area contributed by atoms with Gasteiger partial charge in [0.25, 0.3) is 0 Å². The molecule has 0 aromatic heterocycles. The van der Waals surface area contributed by atoms with Crippen LogP contribution in [0, 0.1) is 11.8 Å². The Morgan fingerprint density at radius 3 is 3.04 bits per heavy atom. The second-order valence-corrected chi connectivity index (χ2v) is 8.30. The molecule has 1 saturated heterocycles. The summed E-state index contributed by atoms with van der Waals surface area (Å²) in [6, 6.07) is 4.43. The molecule has 1 aromatic carbocycles. The number of hydrogen-bond acceptors (Lipinski definition) is 3. The lowest BCUT2D eigenvalue weighted by molar-refractivity contribution is -0.0198. The normalized spacial score (nSPS) is 37.7. The fourth-order valence-corrected chi connectivity index (χ4v) is 6.07. The minimum Gasteiger partial charge on any atom is -0.487 e. The number of nitrogens with zero attached hydrogens (tertiary/aromatic N) is 1. The van der Waals surface area contributed by atoms with E-state index in [4.69, 9.17) is 9.47 Å². The van der Waals surface area contributed by atoms with E-state index in [2.05, 4.69) is 47.1 Å². The summed E-state index contributed by atoms with van der Waals surface area (Å²) in [5.74, 6) is 1.70. The molecule has 2 bridgehead atoms. The molecule has 0 radical (unpaired) electrons. The number of amides is 1. The molecular formula is C19H20BrNO3. The van der Waals surface area contributed by atoms with Crippen molar-refractivity contribution in [3.8, 4) is 5.75 Å². The minimum absolute atomic E-state index is 0.00392. The molecule has 1 spiro atoms. The molecule has 2 heterocycles. The van der Waals surface area contributed by atoms with Crippen molar-refractivity contribution in [2.45, 2.75) is 37.3 Å². The van der Waals surface area contributed by atoms with Gasteiger partial charge in [0.05, 0.1) is 11.6 Å². The summed E-state index contributed by atoms with van der Waals surface area (Å²) in [6.45, 7) is 2.97. The van der Waals surface area contributed by atoms with E-state index in [0.717, 1.165) is 29.6 Å². The zero-order chi connectivity index (χ0) is 16.6. The molecule has 1 fully saturated rings. The van der Waals surface area contributed by atoms with E-state index < -0.39 is 0 Å². The van der Waals surface area contributed by atoms with Crippen LogP contribution in [-0.4, -0.2) is 36.8 Å². The number of methoxy groups -OCH3 is 1. The highest BCUT2D eigenvalue weighted by molar-refractivity contribution is 9.10. The van der Waals surface area contributed by atoms with Crippen molar-refractivity contribution in [1.82, 2.24) is 4.90 Å². The largest absolute Gasteiger partial charge is 0.487 e. The van der Waals surface area contributed by atoms with Crippen molar-refractivity contribution >= 4 is 22.0 Å². The lowest BCUT2D eigenvalue weighted by atomic mass is 9.52. The number of ether oxygens (including phenoxy) is 2. The summed E-state index contributed by atoms with van der Waals surface area (Å²) in [5.41, 5.74) is 2.72. The lowest BCUT2D eigenvalue weighted by Gasteiger charge is -2.56. The van der Waals surface area contributed by atoms with Crippen LogP contribution in [0.1, 0.15) is 24.5 Å². The summed E-state index contributed by atoms with van der Waals surface area (Å²) in [4.78, 5) is 14.2. The number of carbonyl (C=O) groups excluding carboxylic acids is 1. The Kier molecular flexibility index (Phi) is 2.95. The van der Waals surface area contributed by atoms with Gasteiger partial charge in [0, 0.05) is 35.4 Å². The maximum Gasteiger partial charge on any atom is 0.409 e. The molecule has 2 aliphatic heterocycles. The van der Waals surface area contributed by atoms with Crippen molar-refractivity contribution in [3.05, 3.63) is 39.9 Å². The Bertz CT molecular complexity index is 776. The quantitative estimate of drug-likeness (QED) is 0.635. The van der Waals surface area contributed by atoms with Gasteiger partial charge in [-0.3, -0.25) is 0 Å². The standard InChI is InChI=1S/C19H20BrNO3/c1-10-3-5-12-14-9-11-4-6-13(20)16-15(11)19(12,17(10)24-16)7-8-21(14)18(22)23-2/h3-6,10,12,14,17H,7-9H2,1-2H3/t10-,12-,14?,17-,19-/m0/s1. The fourth-order valence-electron chi connectivity index (χ4n) is 5.65. The summed E-state index contributed by atoms with van der Waals surface area (Å²) < 4.78 is 12.6. The third-order valence-corrected chi connectivity index (χ3v) is 7.15. The number of rotatable bonds is 0. The molecule has 4 aliphatic rings. The molecule has 24 heavy (non-hydrogen) atoms.